The van der Waals surface area contributed by atoms with E-state index in [0.717, 1.165) is 0 Å². The molecule has 0 bridgehead atoms. The number of amides is 3. The molecule has 0 saturated heterocycles. The number of nitrogens with two attached hydrogens (primary N) is 1. The van der Waals surface area contributed by atoms with Gasteiger partial charge in [-0.3, -0.25) is 19.2 Å². The van der Waals surface area contributed by atoms with Crippen molar-refractivity contribution in [2.24, 2.45) is 11.7 Å². The number of carbonyl (C=O) groups is 4. The molecule has 0 rings (SSSR count). The Balaban J connectivity index is 4.92. The van der Waals surface area contributed by atoms with Crippen molar-refractivity contribution in [1.82, 2.24) is 16.0 Å². The molecule has 0 aromatic heterocycles. The third-order valence-electron chi connectivity index (χ3n) is 3.35. The van der Waals surface area contributed by atoms with Crippen molar-refractivity contribution in [2.75, 3.05) is 13.2 Å². The van der Waals surface area contributed by atoms with Crippen LogP contribution in [0.5, 0.6) is 0 Å². The number of hydrogen-bond donors (Lipinski definition) is 7. The summed E-state index contributed by atoms with van der Waals surface area (Å²) in [5.41, 5.74) is 5.73. The number of rotatable bonds is 11. The maximum Gasteiger partial charge on any atom is 0.322 e. The van der Waals surface area contributed by atoms with Crippen LogP contribution in [0.25, 0.3) is 0 Å². The zero-order chi connectivity index (χ0) is 20.4. The van der Waals surface area contributed by atoms with E-state index < -0.39 is 61.1 Å². The molecule has 26 heavy (non-hydrogen) atoms. The first-order valence-electron chi connectivity index (χ1n) is 8.14. The Morgan fingerprint density at radius 3 is 2.00 bits per heavy atom. The van der Waals surface area contributed by atoms with Crippen LogP contribution in [0.4, 0.5) is 0 Å². The van der Waals surface area contributed by atoms with Crippen LogP contribution in [-0.2, 0) is 19.2 Å². The van der Waals surface area contributed by atoms with Gasteiger partial charge in [0, 0.05) is 0 Å². The zero-order valence-corrected chi connectivity index (χ0v) is 15.1. The van der Waals surface area contributed by atoms with Crippen LogP contribution in [0, 0.1) is 5.92 Å². The Morgan fingerprint density at radius 1 is 1.00 bits per heavy atom. The third-order valence-corrected chi connectivity index (χ3v) is 3.35. The van der Waals surface area contributed by atoms with E-state index in [0.29, 0.717) is 6.42 Å². The summed E-state index contributed by atoms with van der Waals surface area (Å²) in [5.74, 6) is -3.64. The standard InChI is InChI=1S/C15H28N4O7/c1-7(2)4-9(16)13(24)19-12(8(3)21)15(26)18-10(6-20)14(25)17-5-11(22)23/h7-10,12,20-21H,4-6,16H2,1-3H3,(H,17,25)(H,18,26)(H,19,24)(H,22,23). The highest BCUT2D eigenvalue weighted by molar-refractivity contribution is 5.94. The Labute approximate surface area is 151 Å². The highest BCUT2D eigenvalue weighted by Gasteiger charge is 2.31. The molecule has 4 unspecified atom stereocenters. The van der Waals surface area contributed by atoms with Crippen molar-refractivity contribution in [3.63, 3.8) is 0 Å². The van der Waals surface area contributed by atoms with Gasteiger partial charge in [0.05, 0.1) is 18.8 Å². The summed E-state index contributed by atoms with van der Waals surface area (Å²) < 4.78 is 0. The molecular formula is C15H28N4O7. The van der Waals surface area contributed by atoms with Crippen LogP contribution in [0.1, 0.15) is 27.2 Å². The monoisotopic (exact) mass is 376 g/mol. The van der Waals surface area contributed by atoms with Crippen LogP contribution in [0.3, 0.4) is 0 Å². The summed E-state index contributed by atoms with van der Waals surface area (Å²) >= 11 is 0. The van der Waals surface area contributed by atoms with Gasteiger partial charge in [-0.25, -0.2) is 0 Å². The SMILES string of the molecule is CC(C)CC(N)C(=O)NC(C(=O)NC(CO)C(=O)NCC(=O)O)C(C)O. The zero-order valence-electron chi connectivity index (χ0n) is 15.1. The van der Waals surface area contributed by atoms with Crippen molar-refractivity contribution in [3.8, 4) is 0 Å². The Morgan fingerprint density at radius 2 is 1.58 bits per heavy atom. The van der Waals surface area contributed by atoms with Crippen molar-refractivity contribution in [1.29, 1.82) is 0 Å². The molecule has 0 radical (unpaired) electrons. The molecule has 4 atom stereocenters. The molecule has 150 valence electrons. The molecule has 0 saturated carbocycles. The largest absolute Gasteiger partial charge is 0.480 e. The minimum atomic E-state index is -1.44. The summed E-state index contributed by atoms with van der Waals surface area (Å²) in [5, 5.41) is 33.9. The lowest BCUT2D eigenvalue weighted by molar-refractivity contribution is -0.139. The van der Waals surface area contributed by atoms with E-state index in [1.807, 2.05) is 19.2 Å². The van der Waals surface area contributed by atoms with E-state index in [2.05, 4.69) is 10.6 Å². The van der Waals surface area contributed by atoms with Gasteiger partial charge < -0.3 is 37.0 Å². The number of aliphatic carboxylic acids is 1. The average molecular weight is 376 g/mol. The van der Waals surface area contributed by atoms with Crippen LogP contribution < -0.4 is 21.7 Å². The predicted octanol–water partition coefficient (Wildman–Crippen LogP) is -3.10. The fraction of sp³-hybridized carbons (Fsp3) is 0.733. The molecule has 0 aliphatic carbocycles. The van der Waals surface area contributed by atoms with E-state index in [1.54, 1.807) is 0 Å². The van der Waals surface area contributed by atoms with Crippen molar-refractivity contribution in [3.05, 3.63) is 0 Å². The number of hydrogen-bond acceptors (Lipinski definition) is 7. The molecule has 11 heteroatoms. The molecule has 0 aromatic carbocycles. The van der Waals surface area contributed by atoms with Gasteiger partial charge in [-0.2, -0.15) is 0 Å². The average Bonchev–Trinajstić information content (AvgIpc) is 2.53. The molecule has 11 nitrogen and oxygen atoms in total. The first-order chi connectivity index (χ1) is 12.0. The summed E-state index contributed by atoms with van der Waals surface area (Å²) in [6.45, 7) is 3.51. The molecule has 8 N–H and O–H groups in total. The van der Waals surface area contributed by atoms with Gasteiger partial charge in [-0.05, 0) is 19.3 Å². The maximum absolute atomic E-state index is 12.2. The first kappa shape index (κ1) is 23.8. The minimum Gasteiger partial charge on any atom is -0.480 e. The molecule has 0 fully saturated rings. The second-order valence-corrected chi connectivity index (χ2v) is 6.32. The van der Waals surface area contributed by atoms with Gasteiger partial charge >= 0.3 is 5.97 Å². The molecule has 0 aromatic rings. The van der Waals surface area contributed by atoms with E-state index in [9.17, 15) is 29.4 Å². The quantitative estimate of drug-likeness (QED) is 0.197. The number of aliphatic hydroxyl groups is 2. The number of carbonyl (C=O) groups excluding carboxylic acids is 3. The predicted molar refractivity (Wildman–Crippen MR) is 90.7 cm³/mol. The van der Waals surface area contributed by atoms with E-state index in [-0.39, 0.29) is 5.92 Å². The van der Waals surface area contributed by atoms with Crippen molar-refractivity contribution in [2.45, 2.75) is 51.4 Å². The Bertz CT molecular complexity index is 510. The minimum absolute atomic E-state index is 0.145. The van der Waals surface area contributed by atoms with E-state index in [4.69, 9.17) is 10.8 Å². The second-order valence-electron chi connectivity index (χ2n) is 6.32. The molecule has 0 aliphatic rings. The number of carboxylic acids is 1. The molecule has 3 amide bonds. The summed E-state index contributed by atoms with van der Waals surface area (Å²) in [6.07, 6.45) is -0.928. The normalized spacial score (nSPS) is 15.5. The van der Waals surface area contributed by atoms with Gasteiger partial charge in [0.1, 0.15) is 18.6 Å². The van der Waals surface area contributed by atoms with Crippen LogP contribution >= 0.6 is 0 Å². The van der Waals surface area contributed by atoms with Crippen molar-refractivity contribution < 1.29 is 34.5 Å². The van der Waals surface area contributed by atoms with Gasteiger partial charge in [0.15, 0.2) is 0 Å². The van der Waals surface area contributed by atoms with Gasteiger partial charge in [-0.1, -0.05) is 13.8 Å². The number of aliphatic hydroxyl groups excluding tert-OH is 2. The van der Waals surface area contributed by atoms with E-state index in [1.165, 1.54) is 6.92 Å². The van der Waals surface area contributed by atoms with Crippen LogP contribution in [0.15, 0.2) is 0 Å². The van der Waals surface area contributed by atoms with E-state index >= 15 is 0 Å². The lowest BCUT2D eigenvalue weighted by Crippen LogP contribution is -2.59. The number of nitrogens with one attached hydrogen (secondary N) is 3. The maximum atomic E-state index is 12.2. The summed E-state index contributed by atoms with van der Waals surface area (Å²) in [6, 6.07) is -3.72. The fourth-order valence-electron chi connectivity index (χ4n) is 2.02. The summed E-state index contributed by atoms with van der Waals surface area (Å²) in [7, 11) is 0. The molecule has 0 heterocycles. The number of carboxylic acid groups (broad SMARTS) is 1. The molecule has 0 aliphatic heterocycles. The van der Waals surface area contributed by atoms with Gasteiger partial charge in [0.2, 0.25) is 17.7 Å². The molecular weight excluding hydrogens is 348 g/mol. The third kappa shape index (κ3) is 8.74. The smallest absolute Gasteiger partial charge is 0.322 e. The van der Waals surface area contributed by atoms with Gasteiger partial charge in [-0.15, -0.1) is 0 Å². The van der Waals surface area contributed by atoms with Crippen LogP contribution in [0.2, 0.25) is 0 Å². The molecule has 0 spiro atoms. The lowest BCUT2D eigenvalue weighted by atomic mass is 10.0. The topological polar surface area (TPSA) is 191 Å². The van der Waals surface area contributed by atoms with Crippen LogP contribution in [-0.4, -0.2) is 76.4 Å². The first-order valence-corrected chi connectivity index (χ1v) is 8.14. The summed E-state index contributed by atoms with van der Waals surface area (Å²) in [4.78, 5) is 46.5. The fourth-order valence-corrected chi connectivity index (χ4v) is 2.02. The second kappa shape index (κ2) is 11.4. The Kier molecular flexibility index (Phi) is 10.4. The lowest BCUT2D eigenvalue weighted by Gasteiger charge is -2.25. The highest BCUT2D eigenvalue weighted by atomic mass is 16.4. The van der Waals surface area contributed by atoms with Gasteiger partial charge in [0.25, 0.3) is 0 Å². The highest BCUT2D eigenvalue weighted by Crippen LogP contribution is 2.04. The Hall–Kier alpha value is -2.24. The van der Waals surface area contributed by atoms with Crippen molar-refractivity contribution >= 4 is 23.7 Å².